The van der Waals surface area contributed by atoms with E-state index in [0.717, 1.165) is 0 Å². The van der Waals surface area contributed by atoms with Gasteiger partial charge in [0.15, 0.2) is 5.82 Å². The third-order valence-electron chi connectivity index (χ3n) is 3.16. The van der Waals surface area contributed by atoms with E-state index in [2.05, 4.69) is 15.3 Å². The van der Waals surface area contributed by atoms with Crippen LogP contribution in [0.5, 0.6) is 5.88 Å². The number of nitrogen functional groups attached to an aromatic ring is 1. The highest BCUT2D eigenvalue weighted by Gasteiger charge is 2.35. The Hall–Kier alpha value is -1.56. The Morgan fingerprint density at radius 1 is 1.26 bits per heavy atom. The van der Waals surface area contributed by atoms with E-state index < -0.39 is 11.1 Å². The molecular weight excluding hydrogens is 244 g/mol. The molecule has 6 heteroatoms. The zero-order chi connectivity index (χ0) is 14.8. The number of anilines is 2. The second-order valence-electron chi connectivity index (χ2n) is 5.92. The van der Waals surface area contributed by atoms with Crippen LogP contribution in [-0.4, -0.2) is 32.3 Å². The minimum absolute atomic E-state index is 0.0210. The summed E-state index contributed by atoms with van der Waals surface area (Å²) in [6.07, 6.45) is 1.36. The van der Waals surface area contributed by atoms with Gasteiger partial charge < -0.3 is 20.9 Å². The van der Waals surface area contributed by atoms with Gasteiger partial charge in [0.05, 0.1) is 17.2 Å². The van der Waals surface area contributed by atoms with Gasteiger partial charge in [0.2, 0.25) is 5.88 Å². The SMILES string of the molecule is CC(C)Oc1ncnc(NC(C)(C)C(C)(C)O)c1N. The number of nitrogens with one attached hydrogen (secondary N) is 1. The predicted molar refractivity (Wildman–Crippen MR) is 76.2 cm³/mol. The highest BCUT2D eigenvalue weighted by molar-refractivity contribution is 5.67. The minimum atomic E-state index is -0.941. The Kier molecular flexibility index (Phi) is 4.25. The van der Waals surface area contributed by atoms with E-state index in [4.69, 9.17) is 10.5 Å². The van der Waals surface area contributed by atoms with E-state index >= 15 is 0 Å². The smallest absolute Gasteiger partial charge is 0.242 e. The van der Waals surface area contributed by atoms with E-state index in [0.29, 0.717) is 17.4 Å². The van der Waals surface area contributed by atoms with Crippen LogP contribution in [0.4, 0.5) is 11.5 Å². The fourth-order valence-corrected chi connectivity index (χ4v) is 1.25. The lowest BCUT2D eigenvalue weighted by atomic mass is 9.86. The monoisotopic (exact) mass is 268 g/mol. The molecule has 1 aromatic heterocycles. The molecule has 0 aliphatic carbocycles. The van der Waals surface area contributed by atoms with Crippen molar-refractivity contribution in [2.24, 2.45) is 0 Å². The highest BCUT2D eigenvalue weighted by Crippen LogP contribution is 2.31. The van der Waals surface area contributed by atoms with Crippen molar-refractivity contribution in [3.05, 3.63) is 6.33 Å². The molecule has 0 aromatic carbocycles. The summed E-state index contributed by atoms with van der Waals surface area (Å²) >= 11 is 0. The highest BCUT2D eigenvalue weighted by atomic mass is 16.5. The summed E-state index contributed by atoms with van der Waals surface area (Å²) in [5.74, 6) is 0.803. The molecule has 0 unspecified atom stereocenters. The molecule has 4 N–H and O–H groups in total. The van der Waals surface area contributed by atoms with Gasteiger partial charge in [-0.1, -0.05) is 0 Å². The Morgan fingerprint density at radius 3 is 2.32 bits per heavy atom. The molecule has 108 valence electrons. The van der Waals surface area contributed by atoms with Crippen molar-refractivity contribution in [2.75, 3.05) is 11.1 Å². The Morgan fingerprint density at radius 2 is 1.84 bits per heavy atom. The molecule has 6 nitrogen and oxygen atoms in total. The molecule has 1 rings (SSSR count). The number of nitrogens with zero attached hydrogens (tertiary/aromatic N) is 2. The third kappa shape index (κ3) is 3.70. The third-order valence-corrected chi connectivity index (χ3v) is 3.16. The average Bonchev–Trinajstić information content (AvgIpc) is 2.21. The topological polar surface area (TPSA) is 93.3 Å². The van der Waals surface area contributed by atoms with Crippen molar-refractivity contribution in [1.82, 2.24) is 9.97 Å². The second-order valence-corrected chi connectivity index (χ2v) is 5.92. The number of aromatic nitrogens is 2. The largest absolute Gasteiger partial charge is 0.473 e. The molecule has 0 aliphatic heterocycles. The average molecular weight is 268 g/mol. The van der Waals surface area contributed by atoms with Crippen LogP contribution >= 0.6 is 0 Å². The Bertz CT molecular complexity index is 439. The molecule has 1 aromatic rings. The number of rotatable bonds is 5. The van der Waals surface area contributed by atoms with E-state index in [1.165, 1.54) is 6.33 Å². The lowest BCUT2D eigenvalue weighted by Gasteiger charge is -2.38. The summed E-state index contributed by atoms with van der Waals surface area (Å²) < 4.78 is 5.51. The Balaban J connectivity index is 3.03. The molecule has 0 bridgehead atoms. The summed E-state index contributed by atoms with van der Waals surface area (Å²) in [5.41, 5.74) is 4.78. The van der Waals surface area contributed by atoms with Crippen LogP contribution < -0.4 is 15.8 Å². The normalized spacial score (nSPS) is 12.6. The predicted octanol–water partition coefficient (Wildman–Crippen LogP) is 1.81. The van der Waals surface area contributed by atoms with Crippen molar-refractivity contribution in [1.29, 1.82) is 0 Å². The van der Waals surface area contributed by atoms with E-state index in [-0.39, 0.29) is 6.10 Å². The zero-order valence-corrected chi connectivity index (χ0v) is 12.5. The molecule has 0 spiro atoms. The van der Waals surface area contributed by atoms with Crippen LogP contribution in [0.2, 0.25) is 0 Å². The summed E-state index contributed by atoms with van der Waals surface area (Å²) in [5, 5.41) is 13.3. The van der Waals surface area contributed by atoms with Crippen molar-refractivity contribution < 1.29 is 9.84 Å². The molecule has 19 heavy (non-hydrogen) atoms. The van der Waals surface area contributed by atoms with Gasteiger partial charge in [-0.25, -0.2) is 4.98 Å². The van der Waals surface area contributed by atoms with Gasteiger partial charge in [0.1, 0.15) is 12.0 Å². The van der Waals surface area contributed by atoms with Crippen LogP contribution in [0, 0.1) is 0 Å². The minimum Gasteiger partial charge on any atom is -0.473 e. The summed E-state index contributed by atoms with van der Waals surface area (Å²) in [4.78, 5) is 8.12. The molecule has 0 atom stereocenters. The molecule has 0 saturated carbocycles. The van der Waals surface area contributed by atoms with Gasteiger partial charge in [-0.15, -0.1) is 0 Å². The molecule has 1 heterocycles. The standard InChI is InChI=1S/C13H24N4O2/c1-8(2)19-11-9(14)10(15-7-16-11)17-12(3,4)13(5,6)18/h7-8,18H,14H2,1-6H3,(H,15,16,17). The molecule has 0 saturated heterocycles. The summed E-state index contributed by atoms with van der Waals surface area (Å²) in [6, 6.07) is 0. The molecule has 0 fully saturated rings. The number of aliphatic hydroxyl groups is 1. The number of hydrogen-bond donors (Lipinski definition) is 3. The first-order chi connectivity index (χ1) is 8.54. The fourth-order valence-electron chi connectivity index (χ4n) is 1.25. The van der Waals surface area contributed by atoms with Gasteiger partial charge in [-0.2, -0.15) is 4.98 Å². The molecule has 0 radical (unpaired) electrons. The van der Waals surface area contributed by atoms with Crippen molar-refractivity contribution in [2.45, 2.75) is 58.8 Å². The summed E-state index contributed by atoms with van der Waals surface area (Å²) in [6.45, 7) is 11.0. The quantitative estimate of drug-likeness (QED) is 0.754. The van der Waals surface area contributed by atoms with Crippen molar-refractivity contribution >= 4 is 11.5 Å². The maximum absolute atomic E-state index is 10.1. The first-order valence-electron chi connectivity index (χ1n) is 6.32. The molecule has 0 aliphatic rings. The first kappa shape index (κ1) is 15.5. The number of ether oxygens (including phenoxy) is 1. The second kappa shape index (κ2) is 5.21. The van der Waals surface area contributed by atoms with Crippen LogP contribution in [-0.2, 0) is 0 Å². The maximum atomic E-state index is 10.1. The zero-order valence-electron chi connectivity index (χ0n) is 12.5. The summed E-state index contributed by atoms with van der Waals surface area (Å²) in [7, 11) is 0. The molecule has 0 amide bonds. The lowest BCUT2D eigenvalue weighted by molar-refractivity contribution is 0.0239. The van der Waals surface area contributed by atoms with Crippen molar-refractivity contribution in [3.63, 3.8) is 0 Å². The van der Waals surface area contributed by atoms with E-state index in [1.807, 2.05) is 27.7 Å². The van der Waals surface area contributed by atoms with Gasteiger partial charge in [0.25, 0.3) is 0 Å². The van der Waals surface area contributed by atoms with Gasteiger partial charge >= 0.3 is 0 Å². The maximum Gasteiger partial charge on any atom is 0.242 e. The van der Waals surface area contributed by atoms with Crippen LogP contribution in [0.25, 0.3) is 0 Å². The van der Waals surface area contributed by atoms with Crippen LogP contribution in [0.1, 0.15) is 41.5 Å². The number of nitrogens with two attached hydrogens (primary N) is 1. The molecular formula is C13H24N4O2. The Labute approximate surface area is 114 Å². The van der Waals surface area contributed by atoms with Crippen LogP contribution in [0.15, 0.2) is 6.33 Å². The van der Waals surface area contributed by atoms with Gasteiger partial charge in [0, 0.05) is 0 Å². The fraction of sp³-hybridized carbons (Fsp3) is 0.692. The first-order valence-corrected chi connectivity index (χ1v) is 6.32. The number of hydrogen-bond acceptors (Lipinski definition) is 6. The lowest BCUT2D eigenvalue weighted by Crippen LogP contribution is -2.51. The van der Waals surface area contributed by atoms with Gasteiger partial charge in [-0.3, -0.25) is 0 Å². The van der Waals surface area contributed by atoms with E-state index in [1.54, 1.807) is 13.8 Å². The van der Waals surface area contributed by atoms with E-state index in [9.17, 15) is 5.11 Å². The van der Waals surface area contributed by atoms with Crippen molar-refractivity contribution in [3.8, 4) is 5.88 Å². The van der Waals surface area contributed by atoms with Crippen LogP contribution in [0.3, 0.4) is 0 Å². The van der Waals surface area contributed by atoms with Gasteiger partial charge in [-0.05, 0) is 41.5 Å².